The van der Waals surface area contributed by atoms with Crippen molar-refractivity contribution in [2.75, 3.05) is 0 Å². The zero-order chi connectivity index (χ0) is 8.59. The molecule has 11 heavy (non-hydrogen) atoms. The molecule has 0 heterocycles. The minimum absolute atomic E-state index is 0.477. The van der Waals surface area contributed by atoms with Crippen LogP contribution < -0.4 is 0 Å². The first-order valence-electron chi connectivity index (χ1n) is 3.24. The molecular formula is C6H7Br5. The van der Waals surface area contributed by atoms with Crippen molar-refractivity contribution in [1.29, 1.82) is 0 Å². The molecule has 1 fully saturated rings. The second-order valence-corrected chi connectivity index (χ2v) is 8.13. The van der Waals surface area contributed by atoms with E-state index < -0.39 is 0 Å². The molecule has 1 aliphatic carbocycles. The van der Waals surface area contributed by atoms with E-state index in [4.69, 9.17) is 0 Å². The summed E-state index contributed by atoms with van der Waals surface area (Å²) in [6, 6.07) is 0. The standard InChI is InChI=1S/C6H7Br5/c7-2-1-3(8)5(10)6(11)4(2)9/h2-6H,1H2/t2-,3-,4-,5+,6?/m0/s1. The first-order valence-corrected chi connectivity index (χ1v) is 7.82. The van der Waals surface area contributed by atoms with Crippen LogP contribution in [-0.4, -0.2) is 24.1 Å². The monoisotopic (exact) mass is 474 g/mol. The summed E-state index contributed by atoms with van der Waals surface area (Å²) in [6.45, 7) is 0. The van der Waals surface area contributed by atoms with Crippen LogP contribution in [0.15, 0.2) is 0 Å². The van der Waals surface area contributed by atoms with Crippen molar-refractivity contribution in [3.63, 3.8) is 0 Å². The van der Waals surface area contributed by atoms with Gasteiger partial charge >= 0.3 is 0 Å². The van der Waals surface area contributed by atoms with Crippen LogP contribution in [0.3, 0.4) is 0 Å². The number of hydrogen-bond donors (Lipinski definition) is 0. The van der Waals surface area contributed by atoms with Gasteiger partial charge in [-0.2, -0.15) is 0 Å². The number of hydrogen-bond acceptors (Lipinski definition) is 0. The fourth-order valence-corrected chi connectivity index (χ4v) is 6.07. The predicted octanol–water partition coefficient (Wildman–Crippen LogP) is 4.21. The van der Waals surface area contributed by atoms with Gasteiger partial charge in [-0.1, -0.05) is 79.6 Å². The molecule has 0 aromatic heterocycles. The van der Waals surface area contributed by atoms with Crippen molar-refractivity contribution >= 4 is 79.6 Å². The molecule has 1 aliphatic rings. The Bertz CT molecular complexity index is 125. The summed E-state index contributed by atoms with van der Waals surface area (Å²) in [6.07, 6.45) is 1.15. The molecule has 66 valence electrons. The maximum absolute atomic E-state index is 3.65. The van der Waals surface area contributed by atoms with Crippen molar-refractivity contribution in [2.24, 2.45) is 0 Å². The highest BCUT2D eigenvalue weighted by molar-refractivity contribution is 9.15. The van der Waals surface area contributed by atoms with Crippen LogP contribution in [0.5, 0.6) is 0 Å². The molecule has 0 saturated heterocycles. The van der Waals surface area contributed by atoms with Gasteiger partial charge in [0.1, 0.15) is 0 Å². The molecule has 0 nitrogen and oxygen atoms in total. The maximum Gasteiger partial charge on any atom is 0.0417 e. The normalized spacial score (nSPS) is 52.6. The van der Waals surface area contributed by atoms with E-state index in [1.54, 1.807) is 0 Å². The van der Waals surface area contributed by atoms with Gasteiger partial charge in [0, 0.05) is 24.1 Å². The SMILES string of the molecule is BrC1[C@@H](Br)[C@@H](Br)C[C@H](Br)[C@H]1Br. The minimum atomic E-state index is 0.477. The molecular weight excluding hydrogens is 472 g/mol. The van der Waals surface area contributed by atoms with Gasteiger partial charge in [-0.3, -0.25) is 0 Å². The molecule has 1 rings (SSSR count). The highest BCUT2D eigenvalue weighted by Crippen LogP contribution is 2.40. The van der Waals surface area contributed by atoms with Gasteiger partial charge in [0.25, 0.3) is 0 Å². The molecule has 1 saturated carbocycles. The molecule has 0 aromatic carbocycles. The lowest BCUT2D eigenvalue weighted by atomic mass is 10.0. The summed E-state index contributed by atoms with van der Waals surface area (Å²) in [4.78, 5) is 2.57. The second-order valence-electron chi connectivity index (χ2n) is 2.60. The van der Waals surface area contributed by atoms with Crippen LogP contribution >= 0.6 is 79.6 Å². The minimum Gasteiger partial charge on any atom is -0.0878 e. The van der Waals surface area contributed by atoms with Gasteiger partial charge in [-0.25, -0.2) is 0 Å². The van der Waals surface area contributed by atoms with Crippen LogP contribution in [0.2, 0.25) is 0 Å². The number of halogens is 5. The van der Waals surface area contributed by atoms with Gasteiger partial charge in [0.2, 0.25) is 0 Å². The summed E-state index contributed by atoms with van der Waals surface area (Å²) in [5.74, 6) is 0. The summed E-state index contributed by atoms with van der Waals surface area (Å²) >= 11 is 18.2. The Labute approximate surface area is 109 Å². The Balaban J connectivity index is 2.63. The lowest BCUT2D eigenvalue weighted by Gasteiger charge is -2.35. The first kappa shape index (κ1) is 11.5. The summed E-state index contributed by atoms with van der Waals surface area (Å²) in [5, 5.41) is 0. The third kappa shape index (κ3) is 2.67. The molecule has 0 aliphatic heterocycles. The molecule has 0 radical (unpaired) electrons. The van der Waals surface area contributed by atoms with Crippen LogP contribution in [0.25, 0.3) is 0 Å². The van der Waals surface area contributed by atoms with E-state index >= 15 is 0 Å². The average Bonchev–Trinajstić information content (AvgIpc) is 1.97. The third-order valence-electron chi connectivity index (χ3n) is 1.75. The van der Waals surface area contributed by atoms with E-state index in [1.165, 1.54) is 0 Å². The summed E-state index contributed by atoms with van der Waals surface area (Å²) < 4.78 is 0. The summed E-state index contributed by atoms with van der Waals surface area (Å²) in [7, 11) is 0. The molecule has 0 bridgehead atoms. The number of alkyl halides is 5. The Morgan fingerprint density at radius 1 is 0.636 bits per heavy atom. The zero-order valence-electron chi connectivity index (χ0n) is 5.48. The second kappa shape index (κ2) is 4.76. The van der Waals surface area contributed by atoms with Crippen molar-refractivity contribution in [3.8, 4) is 0 Å². The topological polar surface area (TPSA) is 0 Å². The largest absolute Gasteiger partial charge is 0.0878 e. The summed E-state index contributed by atoms with van der Waals surface area (Å²) in [5.41, 5.74) is 0. The lowest BCUT2D eigenvalue weighted by Crippen LogP contribution is -2.43. The smallest absolute Gasteiger partial charge is 0.0417 e. The third-order valence-corrected chi connectivity index (χ3v) is 10.0. The van der Waals surface area contributed by atoms with Gasteiger partial charge in [0.05, 0.1) is 0 Å². The van der Waals surface area contributed by atoms with E-state index in [1.807, 2.05) is 0 Å². The maximum atomic E-state index is 3.65. The Morgan fingerprint density at radius 3 is 1.36 bits per heavy atom. The van der Waals surface area contributed by atoms with E-state index in [-0.39, 0.29) is 0 Å². The molecule has 5 atom stereocenters. The van der Waals surface area contributed by atoms with Crippen LogP contribution in [0.1, 0.15) is 6.42 Å². The van der Waals surface area contributed by atoms with Crippen molar-refractivity contribution < 1.29 is 0 Å². The highest BCUT2D eigenvalue weighted by atomic mass is 79.9. The molecule has 0 aromatic rings. The first-order chi connectivity index (χ1) is 5.04. The fourth-order valence-electron chi connectivity index (χ4n) is 1.05. The van der Waals surface area contributed by atoms with Crippen LogP contribution in [-0.2, 0) is 0 Å². The van der Waals surface area contributed by atoms with Gasteiger partial charge in [0.15, 0.2) is 0 Å². The van der Waals surface area contributed by atoms with Gasteiger partial charge in [-0.15, -0.1) is 0 Å². The molecule has 0 spiro atoms. The number of rotatable bonds is 0. The Hall–Kier alpha value is 2.40. The fraction of sp³-hybridized carbons (Fsp3) is 1.00. The average molecular weight is 479 g/mol. The zero-order valence-corrected chi connectivity index (χ0v) is 13.4. The molecule has 0 N–H and O–H groups in total. The van der Waals surface area contributed by atoms with Crippen LogP contribution in [0, 0.1) is 0 Å². The molecule has 1 unspecified atom stereocenters. The van der Waals surface area contributed by atoms with Gasteiger partial charge < -0.3 is 0 Å². The molecule has 5 heteroatoms. The van der Waals surface area contributed by atoms with Crippen molar-refractivity contribution in [1.82, 2.24) is 0 Å². The van der Waals surface area contributed by atoms with Gasteiger partial charge in [-0.05, 0) is 6.42 Å². The van der Waals surface area contributed by atoms with E-state index in [2.05, 4.69) is 79.6 Å². The van der Waals surface area contributed by atoms with Crippen LogP contribution in [0.4, 0.5) is 0 Å². The Kier molecular flexibility index (Phi) is 4.97. The molecule has 0 amide bonds. The van der Waals surface area contributed by atoms with Crippen molar-refractivity contribution in [2.45, 2.75) is 30.6 Å². The van der Waals surface area contributed by atoms with Crippen molar-refractivity contribution in [3.05, 3.63) is 0 Å². The van der Waals surface area contributed by atoms with E-state index in [0.29, 0.717) is 24.1 Å². The highest BCUT2D eigenvalue weighted by Gasteiger charge is 2.39. The lowest BCUT2D eigenvalue weighted by molar-refractivity contribution is 0.593. The quantitative estimate of drug-likeness (QED) is 0.458. The van der Waals surface area contributed by atoms with E-state index in [9.17, 15) is 0 Å². The van der Waals surface area contributed by atoms with E-state index in [0.717, 1.165) is 6.42 Å². The Morgan fingerprint density at radius 2 is 1.00 bits per heavy atom. The predicted molar refractivity (Wildman–Crippen MR) is 68.2 cm³/mol.